The molecule has 1 unspecified atom stereocenters. The van der Waals surface area contributed by atoms with Gasteiger partial charge in [-0.05, 0) is 151 Å². The number of hydrogen-bond acceptors (Lipinski definition) is 39. The zero-order chi connectivity index (χ0) is 98.5. The standard InChI is InChI=1S/C20H22ClN7O.C19H21F3N8O.C19H22N8O.C19H24N8O.C18H20N8O/c1-20(2)19-24-14-17(27(19)3-4-29-20)25-16(11-7-13(21)15(22)23-8-11)26-18(14)28-9-10-5-12(28)6-10;1-18(2)16-26-12-14(29-4-3-11(9-29)19(20,21)22)27-13(10-7-24-17(23)25-8-10)28-15(12)30(16)5-6-31-18;1-9-7-27-16(10(2)28-9)23-14-17(26-8-11-3-13(26)4-11)24-15(25-18(14)27)12-5-21-19(20)22-6-12;1-4-26(12-5-6-12)15-13-16(27-7-8-28-19(2,3)17(27)23-13)25-14(24-15)11-9-21-18(20)22-10-11;1-9-15-22-13-16(25(15)2-3-27-9)23-14(11-6-20-18(19)21-7-11)24-17(13)26-8-10-4-12(26)5-10/h7-8,10,12H,3-6,9H2,1-2H3,(H2,22,23);7-8,11H,3-6,9H2,1-2H3,(H2,23,24,25);5-6,9-11,13H,3-4,7-8H2,1-2H3,(H2,20,21,22);9-10,12H,4-8H2,1-3H3,(H2,20,21,22);6-7,9-10,12H,2-5,8H2,1H3,(H2,19,20,21)/t;;9-,10-,11?,13?;;9-,10?,12?/m..0.1/s1. The van der Waals surface area contributed by atoms with Gasteiger partial charge in [0, 0.05) is 151 Å². The van der Waals surface area contributed by atoms with E-state index < -0.39 is 28.9 Å². The van der Waals surface area contributed by atoms with Crippen LogP contribution in [0.15, 0.2) is 61.8 Å². The second kappa shape index (κ2) is 34.7. The summed E-state index contributed by atoms with van der Waals surface area (Å²) >= 11 is 6.22. The number of hydrogen-bond donors (Lipinski definition) is 5. The number of alkyl halides is 3. The maximum atomic E-state index is 13.3. The molecule has 7 saturated heterocycles. The molecule has 12 aliphatic heterocycles. The van der Waals surface area contributed by atoms with Gasteiger partial charge >= 0.3 is 6.18 Å². The Morgan fingerprint density at radius 3 is 1.16 bits per heavy atom. The smallest absolute Gasteiger partial charge is 0.382 e. The van der Waals surface area contributed by atoms with Gasteiger partial charge in [0.2, 0.25) is 23.8 Å². The molecule has 0 radical (unpaired) electrons. The Bertz CT molecular complexity index is 7480. The zero-order valence-electron chi connectivity index (χ0n) is 80.7. The molecule has 27 heterocycles. The molecule has 6 bridgehead atoms. The van der Waals surface area contributed by atoms with E-state index in [0.717, 1.165) is 184 Å². The van der Waals surface area contributed by atoms with Gasteiger partial charge in [0.1, 0.15) is 64.0 Å². The highest BCUT2D eigenvalue weighted by Gasteiger charge is 2.51. The lowest BCUT2D eigenvalue weighted by atomic mass is 9.86. The van der Waals surface area contributed by atoms with E-state index in [1.54, 1.807) is 54.3 Å². The Labute approximate surface area is 821 Å². The second-order valence-electron chi connectivity index (χ2n) is 40.7. The Hall–Kier alpha value is -13.9. The summed E-state index contributed by atoms with van der Waals surface area (Å²) in [5, 5.41) is 0.404. The summed E-state index contributed by atoms with van der Waals surface area (Å²) in [5.41, 5.74) is 38.1. The lowest BCUT2D eigenvalue weighted by molar-refractivity contribution is -0.168. The van der Waals surface area contributed by atoms with Crippen molar-refractivity contribution in [2.45, 2.75) is 225 Å². The number of nitrogens with zero attached hydrogens (tertiary/aromatic N) is 34. The topological polar surface area (TPSA) is 526 Å². The van der Waals surface area contributed by atoms with Crippen LogP contribution in [0.2, 0.25) is 5.02 Å². The molecule has 31 rings (SSSR count). The van der Waals surface area contributed by atoms with E-state index in [4.69, 9.17) is 129 Å². The van der Waals surface area contributed by atoms with Crippen LogP contribution in [0.25, 0.3) is 113 Å². The number of imidazole rings is 5. The molecule has 0 spiro atoms. The fraction of sp³-hybridized carbons (Fsp3) is 0.516. The maximum absolute atomic E-state index is 13.3. The zero-order valence-corrected chi connectivity index (χ0v) is 81.5. The fourth-order valence-electron chi connectivity index (χ4n) is 22.1. The minimum atomic E-state index is -4.25. The molecule has 742 valence electrons. The average Bonchev–Trinajstić information content (AvgIpc) is 1.61. The van der Waals surface area contributed by atoms with Gasteiger partial charge in [-0.15, -0.1) is 0 Å². The summed E-state index contributed by atoms with van der Waals surface area (Å²) in [7, 11) is 0. The average molecular weight is 1970 g/mol. The van der Waals surface area contributed by atoms with Gasteiger partial charge in [-0.2, -0.15) is 13.2 Å². The van der Waals surface area contributed by atoms with Gasteiger partial charge < -0.3 is 99.7 Å². The third kappa shape index (κ3) is 16.4. The number of ether oxygens (including phenoxy) is 5. The van der Waals surface area contributed by atoms with E-state index in [2.05, 4.69) is 107 Å². The fourth-order valence-corrected chi connectivity index (χ4v) is 22.3. The molecule has 10 N–H and O–H groups in total. The van der Waals surface area contributed by atoms with Gasteiger partial charge in [0.25, 0.3) is 0 Å². The molecular weight excluding hydrogens is 1860 g/mol. The molecule has 44 nitrogen and oxygen atoms in total. The predicted molar refractivity (Wildman–Crippen MR) is 525 cm³/mol. The van der Waals surface area contributed by atoms with E-state index in [-0.39, 0.29) is 61.6 Å². The van der Waals surface area contributed by atoms with Crippen molar-refractivity contribution in [1.82, 2.24) is 142 Å². The highest BCUT2D eigenvalue weighted by molar-refractivity contribution is 6.33. The lowest BCUT2D eigenvalue weighted by Gasteiger charge is -2.30. The van der Waals surface area contributed by atoms with Crippen molar-refractivity contribution < 1.29 is 36.9 Å². The Kier molecular flexibility index (Phi) is 22.2. The summed E-state index contributed by atoms with van der Waals surface area (Å²) in [6.45, 7) is 30.2. The third-order valence-corrected chi connectivity index (χ3v) is 30.0. The highest BCUT2D eigenvalue weighted by atomic mass is 35.5. The van der Waals surface area contributed by atoms with Crippen molar-refractivity contribution in [2.24, 2.45) is 23.7 Å². The lowest BCUT2D eigenvalue weighted by Crippen LogP contribution is -2.33. The van der Waals surface area contributed by atoms with Gasteiger partial charge in [-0.25, -0.2) is 120 Å². The molecule has 16 aliphatic rings. The van der Waals surface area contributed by atoms with E-state index in [1.165, 1.54) is 63.8 Å². The molecule has 15 aromatic rings. The van der Waals surface area contributed by atoms with E-state index in [1.807, 2.05) is 60.0 Å². The van der Waals surface area contributed by atoms with Crippen LogP contribution in [-0.2, 0) is 73.2 Å². The van der Waals surface area contributed by atoms with Crippen molar-refractivity contribution in [1.29, 1.82) is 0 Å². The Morgan fingerprint density at radius 2 is 0.762 bits per heavy atom. The molecule has 0 aromatic carbocycles. The van der Waals surface area contributed by atoms with Gasteiger partial charge in [0.15, 0.2) is 114 Å². The van der Waals surface area contributed by atoms with Crippen molar-refractivity contribution in [2.75, 3.05) is 119 Å². The van der Waals surface area contributed by atoms with Crippen LogP contribution in [0.1, 0.15) is 168 Å². The molecule has 143 heavy (non-hydrogen) atoms. The van der Waals surface area contributed by atoms with Gasteiger partial charge in [0.05, 0.1) is 72.3 Å². The number of pyridine rings is 1. The number of halogens is 4. The van der Waals surface area contributed by atoms with Crippen molar-refractivity contribution in [3.05, 3.63) is 96.0 Å². The van der Waals surface area contributed by atoms with Crippen LogP contribution in [0.3, 0.4) is 0 Å². The molecular formula is C95H109ClF3N39O5. The number of nitrogen functional groups attached to an aromatic ring is 5. The number of nitrogens with two attached hydrogens (primary N) is 5. The minimum absolute atomic E-state index is 0.0114. The van der Waals surface area contributed by atoms with Crippen molar-refractivity contribution in [3.63, 3.8) is 0 Å². The quantitative estimate of drug-likeness (QED) is 0.0758. The largest absolute Gasteiger partial charge is 0.393 e. The first-order valence-electron chi connectivity index (χ1n) is 49.0. The molecule has 48 heteroatoms. The molecule has 4 aliphatic carbocycles. The number of fused-ring (bicyclic) bond motifs is 18. The van der Waals surface area contributed by atoms with Crippen LogP contribution < -0.4 is 53.2 Å². The van der Waals surface area contributed by atoms with Crippen molar-refractivity contribution >= 4 is 126 Å². The first kappa shape index (κ1) is 91.6. The number of rotatable bonds is 12. The summed E-state index contributed by atoms with van der Waals surface area (Å²) in [5.74, 6) is 13.1. The van der Waals surface area contributed by atoms with Crippen molar-refractivity contribution in [3.8, 4) is 56.9 Å². The van der Waals surface area contributed by atoms with E-state index >= 15 is 0 Å². The highest BCUT2D eigenvalue weighted by Crippen LogP contribution is 2.51. The van der Waals surface area contributed by atoms with Gasteiger partial charge in [-0.1, -0.05) is 11.6 Å². The summed E-state index contributed by atoms with van der Waals surface area (Å²) < 4.78 is 80.1. The monoisotopic (exact) mass is 1970 g/mol. The van der Waals surface area contributed by atoms with Crippen LogP contribution >= 0.6 is 11.6 Å². The first-order chi connectivity index (χ1) is 68.7. The predicted octanol–water partition coefficient (Wildman–Crippen LogP) is 11.1. The Morgan fingerprint density at radius 1 is 0.399 bits per heavy atom. The molecule has 0 amide bonds. The summed E-state index contributed by atoms with van der Waals surface area (Å²) in [4.78, 5) is 121. The van der Waals surface area contributed by atoms with Gasteiger partial charge in [-0.3, -0.25) is 0 Å². The molecule has 11 fully saturated rings. The van der Waals surface area contributed by atoms with Crippen LogP contribution in [0, 0.1) is 23.7 Å². The van der Waals surface area contributed by atoms with Crippen LogP contribution in [0.4, 0.5) is 71.9 Å². The number of aromatic nitrogens is 29. The van der Waals surface area contributed by atoms with E-state index in [9.17, 15) is 13.2 Å². The molecule has 4 atom stereocenters. The third-order valence-electron chi connectivity index (χ3n) is 29.7. The maximum Gasteiger partial charge on any atom is 0.393 e. The van der Waals surface area contributed by atoms with E-state index in [0.29, 0.717) is 125 Å². The van der Waals surface area contributed by atoms with Crippen LogP contribution in [-0.4, -0.2) is 245 Å². The minimum Gasteiger partial charge on any atom is -0.382 e. The summed E-state index contributed by atoms with van der Waals surface area (Å²) in [6.07, 6.45) is 20.3. The second-order valence-corrected chi connectivity index (χ2v) is 41.1. The Balaban J connectivity index is 0.0000000964. The number of anilines is 10. The SMILES string of the molecule is CC1(C)OCCn2c1nc1c(N3CC4CC3C4)nc(-c3cnc(N)c(Cl)c3)nc12.CC1(C)OCCn2c1nc1c(N3CCC(C(F)(F)F)C3)nc(-c3cnc(N)nc3)nc12.CCN(c1nc(-c2cnc(N)nc2)nc2c1nc1n2CCOC1(C)C)C1CC1.C[C@@H]1O[C@@H](C)Cn2c1nc1c(N3CC4CC3C4)nc(-c3cnc(N)nc3)nc12.C[C@H]1OCCn2c1nc1c(N3CC4CC3C4)nc(-c3cnc(N)nc3)nc12. The molecule has 15 aromatic heterocycles. The summed E-state index contributed by atoms with van der Waals surface area (Å²) in [6, 6.07) is 3.96. The van der Waals surface area contributed by atoms with Crippen LogP contribution in [0.5, 0.6) is 0 Å². The molecule has 4 saturated carbocycles. The first-order valence-corrected chi connectivity index (χ1v) is 49.4. The normalized spacial score (nSPS) is 23.6.